The molecule has 0 spiro atoms. The second-order valence-corrected chi connectivity index (χ2v) is 6.17. The van der Waals surface area contributed by atoms with E-state index in [1.165, 1.54) is 0 Å². The highest BCUT2D eigenvalue weighted by Gasteiger charge is 2.18. The molecular formula is C13H14BrN3OS. The van der Waals surface area contributed by atoms with Gasteiger partial charge in [0.05, 0.1) is 5.69 Å². The Morgan fingerprint density at radius 1 is 1.42 bits per heavy atom. The molecule has 6 heteroatoms. The largest absolute Gasteiger partial charge is 0.321 e. The average molecular weight is 340 g/mol. The minimum Gasteiger partial charge on any atom is -0.321 e. The van der Waals surface area contributed by atoms with Crippen molar-refractivity contribution in [3.8, 4) is 0 Å². The van der Waals surface area contributed by atoms with Crippen molar-refractivity contribution in [1.29, 1.82) is 0 Å². The van der Waals surface area contributed by atoms with Crippen LogP contribution in [0.4, 0.5) is 5.69 Å². The normalized spacial score (nSPS) is 10.8. The maximum atomic E-state index is 12.2. The van der Waals surface area contributed by atoms with Crippen LogP contribution in [0.5, 0.6) is 0 Å². The van der Waals surface area contributed by atoms with Crippen molar-refractivity contribution in [3.05, 3.63) is 38.8 Å². The van der Waals surface area contributed by atoms with Crippen molar-refractivity contribution in [2.45, 2.75) is 26.7 Å². The number of rotatable bonds is 3. The van der Waals surface area contributed by atoms with Gasteiger partial charge in [0, 0.05) is 10.2 Å². The van der Waals surface area contributed by atoms with E-state index in [1.54, 1.807) is 0 Å². The summed E-state index contributed by atoms with van der Waals surface area (Å²) in [6.07, 6.45) is 0. The molecule has 1 aromatic carbocycles. The van der Waals surface area contributed by atoms with Crippen LogP contribution in [-0.2, 0) is 0 Å². The Hall–Kier alpha value is -1.27. The number of halogens is 1. The summed E-state index contributed by atoms with van der Waals surface area (Å²) >= 11 is 4.56. The average Bonchev–Trinajstić information content (AvgIpc) is 2.83. The smallest absolute Gasteiger partial charge is 0.269 e. The highest BCUT2D eigenvalue weighted by molar-refractivity contribution is 9.10. The first-order chi connectivity index (χ1) is 8.99. The van der Waals surface area contributed by atoms with Crippen molar-refractivity contribution in [2.75, 3.05) is 5.32 Å². The number of amides is 1. The van der Waals surface area contributed by atoms with Crippen LogP contribution in [0.1, 0.15) is 40.7 Å². The molecule has 0 radical (unpaired) electrons. The van der Waals surface area contributed by atoms with Gasteiger partial charge in [0.1, 0.15) is 4.88 Å². The number of benzene rings is 1. The fourth-order valence-corrected chi connectivity index (χ4v) is 2.60. The molecule has 0 saturated carbocycles. The lowest BCUT2D eigenvalue weighted by molar-refractivity contribution is 0.102. The summed E-state index contributed by atoms with van der Waals surface area (Å²) in [5.74, 6) is 0.0339. The van der Waals surface area contributed by atoms with Gasteiger partial charge in [0.2, 0.25) is 0 Å². The zero-order chi connectivity index (χ0) is 14.0. The van der Waals surface area contributed by atoms with Gasteiger partial charge in [-0.25, -0.2) is 0 Å². The molecule has 0 saturated heterocycles. The summed E-state index contributed by atoms with van der Waals surface area (Å²) in [6.45, 7) is 5.97. The lowest BCUT2D eigenvalue weighted by atomic mass is 10.1. The first kappa shape index (κ1) is 14.1. The van der Waals surface area contributed by atoms with Crippen LogP contribution in [0.2, 0.25) is 0 Å². The van der Waals surface area contributed by atoms with Gasteiger partial charge >= 0.3 is 0 Å². The molecule has 0 aliphatic carbocycles. The van der Waals surface area contributed by atoms with Gasteiger partial charge in [0.25, 0.3) is 5.91 Å². The van der Waals surface area contributed by atoms with Gasteiger partial charge in [-0.1, -0.05) is 34.3 Å². The van der Waals surface area contributed by atoms with Crippen LogP contribution in [0.15, 0.2) is 22.7 Å². The molecule has 0 atom stereocenters. The Balaban J connectivity index is 2.21. The highest BCUT2D eigenvalue weighted by Crippen LogP contribution is 2.23. The van der Waals surface area contributed by atoms with Crippen molar-refractivity contribution < 1.29 is 4.79 Å². The third-order valence-electron chi connectivity index (χ3n) is 2.68. The van der Waals surface area contributed by atoms with Crippen LogP contribution in [0.25, 0.3) is 0 Å². The van der Waals surface area contributed by atoms with Crippen molar-refractivity contribution in [2.24, 2.45) is 0 Å². The van der Waals surface area contributed by atoms with E-state index in [1.807, 2.05) is 39.0 Å². The summed E-state index contributed by atoms with van der Waals surface area (Å²) in [6, 6.07) is 5.70. The van der Waals surface area contributed by atoms with E-state index in [9.17, 15) is 4.79 Å². The fourth-order valence-electron chi connectivity index (χ4n) is 1.64. The number of nitrogens with zero attached hydrogens (tertiary/aromatic N) is 2. The molecule has 1 heterocycles. The molecule has 19 heavy (non-hydrogen) atoms. The van der Waals surface area contributed by atoms with E-state index >= 15 is 0 Å². The fraction of sp³-hybridized carbons (Fsp3) is 0.308. The molecule has 2 aromatic rings. The minimum absolute atomic E-state index is 0.152. The van der Waals surface area contributed by atoms with E-state index in [2.05, 4.69) is 30.8 Å². The molecule has 0 aliphatic heterocycles. The lowest BCUT2D eigenvalue weighted by Crippen LogP contribution is -2.13. The third kappa shape index (κ3) is 3.19. The van der Waals surface area contributed by atoms with Crippen LogP contribution >= 0.6 is 27.5 Å². The number of nitrogens with one attached hydrogen (secondary N) is 1. The van der Waals surface area contributed by atoms with E-state index in [4.69, 9.17) is 0 Å². The zero-order valence-electron chi connectivity index (χ0n) is 10.9. The van der Waals surface area contributed by atoms with Crippen LogP contribution in [0.3, 0.4) is 0 Å². The molecule has 1 N–H and O–H groups in total. The Morgan fingerprint density at radius 2 is 2.16 bits per heavy atom. The molecule has 2 rings (SSSR count). The van der Waals surface area contributed by atoms with Crippen LogP contribution in [-0.4, -0.2) is 15.5 Å². The molecular weight excluding hydrogens is 326 g/mol. The summed E-state index contributed by atoms with van der Waals surface area (Å²) in [5, 5.41) is 6.89. The second-order valence-electron chi connectivity index (χ2n) is 4.56. The first-order valence-electron chi connectivity index (χ1n) is 5.88. The Kier molecular flexibility index (Phi) is 4.31. The second kappa shape index (κ2) is 5.79. The van der Waals surface area contributed by atoms with E-state index in [0.29, 0.717) is 4.88 Å². The topological polar surface area (TPSA) is 54.9 Å². The number of aromatic nitrogens is 2. The quantitative estimate of drug-likeness (QED) is 0.919. The highest BCUT2D eigenvalue weighted by atomic mass is 79.9. The molecule has 0 fully saturated rings. The van der Waals surface area contributed by atoms with Gasteiger partial charge in [-0.05, 0) is 48.1 Å². The third-order valence-corrected chi connectivity index (χ3v) is 4.31. The molecule has 100 valence electrons. The Morgan fingerprint density at radius 3 is 2.79 bits per heavy atom. The van der Waals surface area contributed by atoms with Gasteiger partial charge in [-0.3, -0.25) is 4.79 Å². The summed E-state index contributed by atoms with van der Waals surface area (Å²) < 4.78 is 4.88. The predicted molar refractivity (Wildman–Crippen MR) is 80.8 cm³/mol. The SMILES string of the molecule is Cc1cc(NC(=O)c2snnc2C(C)C)ccc1Br. The minimum atomic E-state index is -0.152. The molecule has 4 nitrogen and oxygen atoms in total. The number of hydrogen-bond donors (Lipinski definition) is 1. The Bertz CT molecular complexity index is 610. The molecule has 1 aromatic heterocycles. The standard InChI is InChI=1S/C13H14BrN3OS/c1-7(2)11-12(19-17-16-11)13(18)15-9-4-5-10(14)8(3)6-9/h4-7H,1-3H3,(H,15,18). The number of anilines is 1. The van der Waals surface area contributed by atoms with E-state index < -0.39 is 0 Å². The number of aryl methyl sites for hydroxylation is 1. The summed E-state index contributed by atoms with van der Waals surface area (Å²) in [7, 11) is 0. The molecule has 0 aliphatic rings. The number of carbonyl (C=O) groups excluding carboxylic acids is 1. The molecule has 1 amide bonds. The predicted octanol–water partition coefficient (Wildman–Crippen LogP) is 3.98. The Labute approximate surface area is 124 Å². The molecule has 0 bridgehead atoms. The maximum Gasteiger partial charge on any atom is 0.269 e. The van der Waals surface area contributed by atoms with Gasteiger partial charge < -0.3 is 5.32 Å². The van der Waals surface area contributed by atoms with E-state index in [-0.39, 0.29) is 11.8 Å². The lowest BCUT2D eigenvalue weighted by Gasteiger charge is -2.07. The number of hydrogen-bond acceptors (Lipinski definition) is 4. The maximum absolute atomic E-state index is 12.2. The first-order valence-corrected chi connectivity index (χ1v) is 7.45. The van der Waals surface area contributed by atoms with Gasteiger partial charge in [-0.2, -0.15) is 0 Å². The van der Waals surface area contributed by atoms with Crippen molar-refractivity contribution >= 4 is 39.1 Å². The van der Waals surface area contributed by atoms with Gasteiger partial charge in [-0.15, -0.1) is 5.10 Å². The summed E-state index contributed by atoms with van der Waals surface area (Å²) in [4.78, 5) is 12.8. The van der Waals surface area contributed by atoms with Crippen LogP contribution < -0.4 is 5.32 Å². The van der Waals surface area contributed by atoms with Crippen LogP contribution in [0, 0.1) is 6.92 Å². The monoisotopic (exact) mass is 339 g/mol. The number of carbonyl (C=O) groups is 1. The van der Waals surface area contributed by atoms with Crippen molar-refractivity contribution in [1.82, 2.24) is 9.59 Å². The zero-order valence-corrected chi connectivity index (χ0v) is 13.3. The molecule has 0 unspecified atom stereocenters. The van der Waals surface area contributed by atoms with E-state index in [0.717, 1.165) is 32.9 Å². The van der Waals surface area contributed by atoms with Gasteiger partial charge in [0.15, 0.2) is 0 Å². The van der Waals surface area contributed by atoms with Crippen molar-refractivity contribution in [3.63, 3.8) is 0 Å². The summed E-state index contributed by atoms with van der Waals surface area (Å²) in [5.41, 5.74) is 2.59.